The number of hydrogen-bond acceptors (Lipinski definition) is 2. The smallest absolute Gasteiger partial charge is 0.141 e. The van der Waals surface area contributed by atoms with Crippen LogP contribution in [0.2, 0.25) is 5.02 Å². The molecule has 1 atom stereocenters. The molecule has 21 heavy (non-hydrogen) atoms. The molecular formula is C17H24ClFN2. The molecule has 2 fully saturated rings. The van der Waals surface area contributed by atoms with Crippen LogP contribution in [0, 0.1) is 5.82 Å². The predicted octanol–water partition coefficient (Wildman–Crippen LogP) is 4.15. The molecule has 1 N–H and O–H groups in total. The highest BCUT2D eigenvalue weighted by Crippen LogP contribution is 2.39. The van der Waals surface area contributed by atoms with Gasteiger partial charge in [0.05, 0.1) is 5.02 Å². The lowest BCUT2D eigenvalue weighted by atomic mass is 9.78. The number of halogens is 2. The summed E-state index contributed by atoms with van der Waals surface area (Å²) >= 11 is 5.97. The van der Waals surface area contributed by atoms with E-state index >= 15 is 0 Å². The summed E-state index contributed by atoms with van der Waals surface area (Å²) in [6.45, 7) is 5.38. The van der Waals surface area contributed by atoms with Crippen molar-refractivity contribution in [3.05, 3.63) is 34.6 Å². The molecule has 1 aromatic rings. The van der Waals surface area contributed by atoms with Crippen LogP contribution in [0.5, 0.6) is 0 Å². The van der Waals surface area contributed by atoms with E-state index in [-0.39, 0.29) is 22.4 Å². The normalized spacial score (nSPS) is 24.1. The Labute approximate surface area is 131 Å². The molecule has 0 bridgehead atoms. The van der Waals surface area contributed by atoms with Gasteiger partial charge in [-0.2, -0.15) is 0 Å². The maximum absolute atomic E-state index is 13.4. The minimum Gasteiger partial charge on any atom is -0.314 e. The van der Waals surface area contributed by atoms with Crippen LogP contribution >= 0.6 is 11.6 Å². The van der Waals surface area contributed by atoms with E-state index in [0.29, 0.717) is 0 Å². The van der Waals surface area contributed by atoms with Crippen LogP contribution in [0.3, 0.4) is 0 Å². The molecular weight excluding hydrogens is 287 g/mol. The lowest BCUT2D eigenvalue weighted by Crippen LogP contribution is -2.62. The predicted molar refractivity (Wildman–Crippen MR) is 85.2 cm³/mol. The van der Waals surface area contributed by atoms with Crippen molar-refractivity contribution in [3.63, 3.8) is 0 Å². The van der Waals surface area contributed by atoms with Gasteiger partial charge in [-0.1, -0.05) is 36.9 Å². The van der Waals surface area contributed by atoms with Crippen molar-refractivity contribution in [3.8, 4) is 0 Å². The third kappa shape index (κ3) is 2.96. The standard InChI is InChI=1S/C17H24ClFN2/c1-13(14-5-6-16(19)15(18)11-14)21-10-9-20-12-17(21)7-3-2-4-8-17/h5-6,11,13,20H,2-4,7-10,12H2,1H3. The summed E-state index contributed by atoms with van der Waals surface area (Å²) in [5, 5.41) is 3.80. The zero-order valence-corrected chi connectivity index (χ0v) is 13.4. The van der Waals surface area contributed by atoms with Crippen LogP contribution in [0.25, 0.3) is 0 Å². The minimum absolute atomic E-state index is 0.229. The first-order valence-electron chi connectivity index (χ1n) is 8.05. The Hall–Kier alpha value is -0.640. The molecule has 1 aliphatic carbocycles. The maximum Gasteiger partial charge on any atom is 0.141 e. The molecule has 1 heterocycles. The van der Waals surface area contributed by atoms with Gasteiger partial charge in [0.15, 0.2) is 0 Å². The summed E-state index contributed by atoms with van der Waals surface area (Å²) in [6.07, 6.45) is 6.51. The largest absolute Gasteiger partial charge is 0.314 e. The monoisotopic (exact) mass is 310 g/mol. The van der Waals surface area contributed by atoms with Crippen molar-refractivity contribution in [2.45, 2.75) is 50.6 Å². The number of nitrogens with one attached hydrogen (secondary N) is 1. The van der Waals surface area contributed by atoms with Crippen LogP contribution in [0.15, 0.2) is 18.2 Å². The van der Waals surface area contributed by atoms with Gasteiger partial charge in [-0.05, 0) is 37.5 Å². The van der Waals surface area contributed by atoms with Crippen LogP contribution in [0.4, 0.5) is 4.39 Å². The molecule has 0 radical (unpaired) electrons. The van der Waals surface area contributed by atoms with Crippen molar-refractivity contribution >= 4 is 11.6 Å². The number of piperazine rings is 1. The van der Waals surface area contributed by atoms with Crippen LogP contribution in [-0.4, -0.2) is 30.1 Å². The highest BCUT2D eigenvalue weighted by Gasteiger charge is 2.41. The molecule has 1 saturated carbocycles. The quantitative estimate of drug-likeness (QED) is 0.883. The summed E-state index contributed by atoms with van der Waals surface area (Å²) in [5.74, 6) is -0.333. The van der Waals surface area contributed by atoms with Gasteiger partial charge in [0.2, 0.25) is 0 Å². The molecule has 1 unspecified atom stereocenters. The Bertz CT molecular complexity index is 491. The van der Waals surface area contributed by atoms with Gasteiger partial charge in [-0.15, -0.1) is 0 Å². The number of rotatable bonds is 2. The molecule has 2 aliphatic rings. The van der Waals surface area contributed by atoms with E-state index in [1.54, 1.807) is 6.07 Å². The average molecular weight is 311 g/mol. The lowest BCUT2D eigenvalue weighted by molar-refractivity contribution is -0.00280. The van der Waals surface area contributed by atoms with Crippen molar-refractivity contribution < 1.29 is 4.39 Å². The van der Waals surface area contributed by atoms with Gasteiger partial charge in [0.1, 0.15) is 5.82 Å². The second kappa shape index (κ2) is 6.23. The zero-order valence-electron chi connectivity index (χ0n) is 12.7. The SMILES string of the molecule is CC(c1ccc(F)c(Cl)c1)N1CCNCC12CCCCC2. The summed E-state index contributed by atoms with van der Waals surface area (Å²) in [5.41, 5.74) is 1.39. The number of hydrogen-bond donors (Lipinski definition) is 1. The van der Waals surface area contributed by atoms with E-state index in [0.717, 1.165) is 25.2 Å². The molecule has 3 rings (SSSR count). The first-order chi connectivity index (χ1) is 10.1. The van der Waals surface area contributed by atoms with E-state index in [1.807, 2.05) is 6.07 Å². The highest BCUT2D eigenvalue weighted by molar-refractivity contribution is 6.30. The minimum atomic E-state index is -0.333. The summed E-state index contributed by atoms with van der Waals surface area (Å²) in [6, 6.07) is 5.44. The molecule has 1 spiro atoms. The number of nitrogens with zero attached hydrogens (tertiary/aromatic N) is 1. The van der Waals surface area contributed by atoms with Gasteiger partial charge in [0, 0.05) is 31.2 Å². The summed E-state index contributed by atoms with van der Waals surface area (Å²) in [4.78, 5) is 2.63. The van der Waals surface area contributed by atoms with Gasteiger partial charge in [-0.25, -0.2) is 4.39 Å². The molecule has 116 valence electrons. The molecule has 1 aromatic carbocycles. The van der Waals surface area contributed by atoms with Crippen molar-refractivity contribution in [2.75, 3.05) is 19.6 Å². The molecule has 0 amide bonds. The van der Waals surface area contributed by atoms with Crippen LogP contribution in [-0.2, 0) is 0 Å². The maximum atomic E-state index is 13.4. The van der Waals surface area contributed by atoms with Crippen molar-refractivity contribution in [1.82, 2.24) is 10.2 Å². The van der Waals surface area contributed by atoms with E-state index in [1.165, 1.54) is 38.2 Å². The van der Waals surface area contributed by atoms with Gasteiger partial charge >= 0.3 is 0 Å². The first kappa shape index (κ1) is 15.3. The Balaban J connectivity index is 1.86. The zero-order chi connectivity index (χ0) is 14.9. The third-order valence-electron chi connectivity index (χ3n) is 5.27. The van der Waals surface area contributed by atoms with E-state index in [4.69, 9.17) is 11.6 Å². The highest BCUT2D eigenvalue weighted by atomic mass is 35.5. The fraction of sp³-hybridized carbons (Fsp3) is 0.647. The van der Waals surface area contributed by atoms with E-state index in [2.05, 4.69) is 17.1 Å². The average Bonchev–Trinajstić information content (AvgIpc) is 2.51. The summed E-state index contributed by atoms with van der Waals surface area (Å²) < 4.78 is 13.4. The third-order valence-corrected chi connectivity index (χ3v) is 5.56. The Morgan fingerprint density at radius 1 is 1.29 bits per heavy atom. The second-order valence-electron chi connectivity index (χ2n) is 6.50. The van der Waals surface area contributed by atoms with Crippen molar-refractivity contribution in [2.24, 2.45) is 0 Å². The fourth-order valence-corrected chi connectivity index (χ4v) is 4.28. The van der Waals surface area contributed by atoms with Gasteiger partial charge in [-0.3, -0.25) is 4.90 Å². The molecule has 1 saturated heterocycles. The Kier molecular flexibility index (Phi) is 4.53. The van der Waals surface area contributed by atoms with Gasteiger partial charge < -0.3 is 5.32 Å². The van der Waals surface area contributed by atoms with Crippen molar-refractivity contribution in [1.29, 1.82) is 0 Å². The molecule has 4 heteroatoms. The second-order valence-corrected chi connectivity index (χ2v) is 6.91. The first-order valence-corrected chi connectivity index (χ1v) is 8.43. The summed E-state index contributed by atoms with van der Waals surface area (Å²) in [7, 11) is 0. The van der Waals surface area contributed by atoms with E-state index < -0.39 is 0 Å². The molecule has 0 aromatic heterocycles. The van der Waals surface area contributed by atoms with E-state index in [9.17, 15) is 4.39 Å². The Morgan fingerprint density at radius 3 is 2.76 bits per heavy atom. The van der Waals surface area contributed by atoms with Gasteiger partial charge in [0.25, 0.3) is 0 Å². The number of benzene rings is 1. The van der Waals surface area contributed by atoms with Crippen LogP contribution in [0.1, 0.15) is 50.6 Å². The molecule has 1 aliphatic heterocycles. The van der Waals surface area contributed by atoms with Crippen LogP contribution < -0.4 is 5.32 Å². The Morgan fingerprint density at radius 2 is 2.05 bits per heavy atom. The lowest BCUT2D eigenvalue weighted by Gasteiger charge is -2.52. The molecule has 2 nitrogen and oxygen atoms in total. The topological polar surface area (TPSA) is 15.3 Å². The fourth-order valence-electron chi connectivity index (χ4n) is 4.09.